The number of aromatic nitrogens is 6. The van der Waals surface area contributed by atoms with Gasteiger partial charge in [-0.15, -0.1) is 5.10 Å². The molecule has 2 aromatic rings. The Morgan fingerprint density at radius 1 is 1.44 bits per heavy atom. The average molecular weight is 366 g/mol. The van der Waals surface area contributed by atoms with E-state index >= 15 is 0 Å². The highest BCUT2D eigenvalue weighted by atomic mass is 32.2. The van der Waals surface area contributed by atoms with E-state index in [1.54, 1.807) is 9.47 Å². The number of nitrogens with two attached hydrogens (primary N) is 1. The largest absolute Gasteiger partial charge is 0.376 e. The van der Waals surface area contributed by atoms with Gasteiger partial charge in [0.25, 0.3) is 0 Å². The lowest BCUT2D eigenvalue weighted by Gasteiger charge is -2.15. The number of nitrogen functional groups attached to an aromatic ring is 1. The molecule has 136 valence electrons. The summed E-state index contributed by atoms with van der Waals surface area (Å²) in [5.41, 5.74) is 5.54. The molecule has 0 amide bonds. The van der Waals surface area contributed by atoms with Gasteiger partial charge in [-0.25, -0.2) is 9.89 Å². The van der Waals surface area contributed by atoms with E-state index in [0.717, 1.165) is 19.4 Å². The molecule has 3 heterocycles. The van der Waals surface area contributed by atoms with Crippen LogP contribution in [-0.2, 0) is 11.3 Å². The molecule has 0 saturated carbocycles. The molecule has 0 aromatic carbocycles. The van der Waals surface area contributed by atoms with Gasteiger partial charge in [0.2, 0.25) is 11.9 Å². The zero-order chi connectivity index (χ0) is 18.0. The molecule has 1 saturated heterocycles. The summed E-state index contributed by atoms with van der Waals surface area (Å²) in [5, 5.41) is 7.06. The minimum Gasteiger partial charge on any atom is -0.376 e. The number of hydrogen-bond donors (Lipinski definition) is 2. The summed E-state index contributed by atoms with van der Waals surface area (Å²) in [6, 6.07) is 0. The summed E-state index contributed by atoms with van der Waals surface area (Å²) in [7, 11) is 3.67. The maximum atomic E-state index is 12.1. The van der Waals surface area contributed by atoms with E-state index in [1.165, 1.54) is 11.8 Å². The minimum atomic E-state index is -0.241. The number of thioether (sulfide) groups is 1. The Balaban J connectivity index is 1.79. The molecule has 2 aromatic heterocycles. The molecular formula is C14H22N8O2S. The first kappa shape index (κ1) is 17.7. The zero-order valence-corrected chi connectivity index (χ0v) is 15.3. The fourth-order valence-corrected chi connectivity index (χ4v) is 3.45. The molecule has 1 aliphatic rings. The highest BCUT2D eigenvalue weighted by Crippen LogP contribution is 2.32. The Kier molecular flexibility index (Phi) is 5.23. The van der Waals surface area contributed by atoms with Gasteiger partial charge in [0.15, 0.2) is 5.16 Å². The maximum absolute atomic E-state index is 12.1. The Bertz CT molecular complexity index is 783. The van der Waals surface area contributed by atoms with Crippen LogP contribution in [0.2, 0.25) is 0 Å². The Hall–Kier alpha value is -2.14. The van der Waals surface area contributed by atoms with Crippen molar-refractivity contribution in [2.75, 3.05) is 31.3 Å². The summed E-state index contributed by atoms with van der Waals surface area (Å²) in [5.74, 6) is 1.20. The van der Waals surface area contributed by atoms with Gasteiger partial charge >= 0.3 is 5.69 Å². The van der Waals surface area contributed by atoms with Gasteiger partial charge in [-0.2, -0.15) is 15.0 Å². The van der Waals surface area contributed by atoms with E-state index in [2.05, 4.69) is 25.1 Å². The number of nitrogens with zero attached hydrogens (tertiary/aromatic N) is 6. The summed E-state index contributed by atoms with van der Waals surface area (Å²) < 4.78 is 7.22. The normalized spacial score (nSPS) is 18.4. The molecule has 1 fully saturated rings. The van der Waals surface area contributed by atoms with Crippen LogP contribution in [0.25, 0.3) is 0 Å². The molecule has 0 aliphatic carbocycles. The van der Waals surface area contributed by atoms with Crippen LogP contribution < -0.4 is 16.3 Å². The van der Waals surface area contributed by atoms with Gasteiger partial charge in [0.05, 0.1) is 17.9 Å². The van der Waals surface area contributed by atoms with Crippen LogP contribution in [0, 0.1) is 0 Å². The van der Waals surface area contributed by atoms with Crippen molar-refractivity contribution in [1.82, 2.24) is 29.7 Å². The van der Waals surface area contributed by atoms with Crippen molar-refractivity contribution in [2.24, 2.45) is 0 Å². The minimum absolute atomic E-state index is 0.0538. The number of ether oxygens (including phenoxy) is 1. The van der Waals surface area contributed by atoms with Gasteiger partial charge in [0, 0.05) is 20.7 Å². The third kappa shape index (κ3) is 4.10. The summed E-state index contributed by atoms with van der Waals surface area (Å²) >= 11 is 1.39. The van der Waals surface area contributed by atoms with E-state index in [4.69, 9.17) is 10.5 Å². The fourth-order valence-electron chi connectivity index (χ4n) is 2.54. The van der Waals surface area contributed by atoms with E-state index in [9.17, 15) is 4.79 Å². The van der Waals surface area contributed by atoms with Crippen LogP contribution in [0.15, 0.2) is 9.95 Å². The van der Waals surface area contributed by atoms with E-state index in [1.807, 2.05) is 21.0 Å². The second-order valence-electron chi connectivity index (χ2n) is 6.06. The van der Waals surface area contributed by atoms with Crippen LogP contribution in [-0.4, -0.2) is 56.5 Å². The van der Waals surface area contributed by atoms with Crippen molar-refractivity contribution in [2.45, 2.75) is 42.8 Å². The lowest BCUT2D eigenvalue weighted by molar-refractivity contribution is 0.0941. The van der Waals surface area contributed by atoms with Crippen LogP contribution in [0.3, 0.4) is 0 Å². The molecule has 3 rings (SSSR count). The number of anilines is 2. The van der Waals surface area contributed by atoms with E-state index < -0.39 is 0 Å². The maximum Gasteiger partial charge on any atom is 0.344 e. The van der Waals surface area contributed by atoms with Crippen molar-refractivity contribution in [3.8, 4) is 0 Å². The molecule has 10 nitrogen and oxygen atoms in total. The van der Waals surface area contributed by atoms with Crippen molar-refractivity contribution < 1.29 is 4.74 Å². The molecule has 0 unspecified atom stereocenters. The third-order valence-electron chi connectivity index (χ3n) is 3.84. The van der Waals surface area contributed by atoms with Crippen LogP contribution in [0.4, 0.5) is 11.9 Å². The van der Waals surface area contributed by atoms with Gasteiger partial charge in [0.1, 0.15) is 5.82 Å². The van der Waals surface area contributed by atoms with Crippen molar-refractivity contribution >= 4 is 23.7 Å². The number of H-pyrrole nitrogens is 1. The summed E-state index contributed by atoms with van der Waals surface area (Å²) in [6.07, 6.45) is 2.03. The Morgan fingerprint density at radius 2 is 2.24 bits per heavy atom. The predicted molar refractivity (Wildman–Crippen MR) is 94.7 cm³/mol. The second kappa shape index (κ2) is 7.40. The number of rotatable bonds is 6. The lowest BCUT2D eigenvalue weighted by Crippen LogP contribution is -2.25. The first-order valence-corrected chi connectivity index (χ1v) is 8.94. The average Bonchev–Trinajstić information content (AvgIpc) is 3.19. The van der Waals surface area contributed by atoms with Crippen molar-refractivity contribution in [3.05, 3.63) is 16.3 Å². The van der Waals surface area contributed by atoms with Crippen LogP contribution >= 0.6 is 11.8 Å². The number of aromatic amines is 1. The number of nitrogens with one attached hydrogen (secondary N) is 1. The first-order valence-electron chi connectivity index (χ1n) is 8.06. The van der Waals surface area contributed by atoms with Crippen LogP contribution in [0.5, 0.6) is 0 Å². The monoisotopic (exact) mass is 366 g/mol. The molecule has 1 aliphatic heterocycles. The van der Waals surface area contributed by atoms with E-state index in [0.29, 0.717) is 23.5 Å². The molecular weight excluding hydrogens is 344 g/mol. The van der Waals surface area contributed by atoms with Crippen LogP contribution in [0.1, 0.15) is 30.8 Å². The molecule has 11 heteroatoms. The Morgan fingerprint density at radius 3 is 2.92 bits per heavy atom. The Labute approximate surface area is 149 Å². The van der Waals surface area contributed by atoms with Gasteiger partial charge in [-0.3, -0.25) is 4.57 Å². The number of hydrogen-bond acceptors (Lipinski definition) is 9. The lowest BCUT2D eigenvalue weighted by atomic mass is 10.2. The predicted octanol–water partition coefficient (Wildman–Crippen LogP) is 0.437. The molecule has 0 bridgehead atoms. The fraction of sp³-hybridized carbons (Fsp3) is 0.643. The third-order valence-corrected chi connectivity index (χ3v) is 4.92. The van der Waals surface area contributed by atoms with Gasteiger partial charge < -0.3 is 15.4 Å². The topological polar surface area (TPSA) is 128 Å². The smallest absolute Gasteiger partial charge is 0.344 e. The second-order valence-corrected chi connectivity index (χ2v) is 7.37. The summed E-state index contributed by atoms with van der Waals surface area (Å²) in [6.45, 7) is 3.18. The molecule has 25 heavy (non-hydrogen) atoms. The SMILES string of the molecule is C[C@H](Sc1n[nH]c(=O)n1C[C@H]1CCCO1)c1nc(N)nc(N(C)C)n1. The van der Waals surface area contributed by atoms with Gasteiger partial charge in [-0.1, -0.05) is 11.8 Å². The highest BCUT2D eigenvalue weighted by Gasteiger charge is 2.22. The van der Waals surface area contributed by atoms with Gasteiger partial charge in [-0.05, 0) is 19.8 Å². The molecule has 2 atom stereocenters. The van der Waals surface area contributed by atoms with Crippen molar-refractivity contribution in [3.63, 3.8) is 0 Å². The zero-order valence-electron chi connectivity index (χ0n) is 14.5. The van der Waals surface area contributed by atoms with Crippen molar-refractivity contribution in [1.29, 1.82) is 0 Å². The molecule has 3 N–H and O–H groups in total. The summed E-state index contributed by atoms with van der Waals surface area (Å²) in [4.78, 5) is 26.5. The van der Waals surface area contributed by atoms with E-state index in [-0.39, 0.29) is 23.0 Å². The highest BCUT2D eigenvalue weighted by molar-refractivity contribution is 7.99. The molecule has 0 radical (unpaired) electrons. The standard InChI is InChI=1S/C14H22N8O2S/c1-8(10-16-11(15)18-12(17-10)21(2)3)25-14-20-19-13(23)22(14)7-9-5-4-6-24-9/h8-9H,4-7H2,1-3H3,(H,19,23)(H2,15,16,17,18)/t8-,9+/m0/s1. The first-order chi connectivity index (χ1) is 11.9. The molecule has 0 spiro atoms. The quantitative estimate of drug-likeness (QED) is 0.700.